The first-order chi connectivity index (χ1) is 13.4. The molecule has 0 aromatic heterocycles. The van der Waals surface area contributed by atoms with Gasteiger partial charge in [-0.15, -0.1) is 4.41 Å². The van der Waals surface area contributed by atoms with E-state index in [0.29, 0.717) is 16.1 Å². The highest BCUT2D eigenvalue weighted by atomic mass is 35.5. The fraction of sp³-hybridized carbons (Fsp3) is 0.368. The van der Waals surface area contributed by atoms with Gasteiger partial charge in [0, 0.05) is 38.6 Å². The first-order valence-corrected chi connectivity index (χ1v) is 10.6. The molecule has 0 N–H and O–H groups in total. The second kappa shape index (κ2) is 7.88. The lowest BCUT2D eigenvalue weighted by molar-refractivity contribution is -0.137. The molecule has 5 nitrogen and oxygen atoms in total. The zero-order valence-corrected chi connectivity index (χ0v) is 17.6. The van der Waals surface area contributed by atoms with Crippen LogP contribution in [-0.4, -0.2) is 49.8 Å². The van der Waals surface area contributed by atoms with E-state index in [4.69, 9.17) is 11.6 Å². The molecule has 0 radical (unpaired) electrons. The predicted octanol–water partition coefficient (Wildman–Crippen LogP) is 4.15. The van der Waals surface area contributed by atoms with Crippen LogP contribution >= 0.6 is 11.6 Å². The quantitative estimate of drug-likeness (QED) is 0.707. The summed E-state index contributed by atoms with van der Waals surface area (Å²) in [5.74, 6) is -0.502. The summed E-state index contributed by atoms with van der Waals surface area (Å²) in [7, 11) is 0.566. The molecule has 1 aliphatic rings. The van der Waals surface area contributed by atoms with E-state index in [9.17, 15) is 21.6 Å². The number of halogens is 4. The smallest absolute Gasteiger partial charge is 0.229 e. The Balaban J connectivity index is 2.15. The lowest BCUT2D eigenvalue weighted by Gasteiger charge is -2.32. The van der Waals surface area contributed by atoms with E-state index in [0.717, 1.165) is 16.4 Å². The molecule has 1 heterocycles. The van der Waals surface area contributed by atoms with Crippen LogP contribution < -0.4 is 0 Å². The van der Waals surface area contributed by atoms with E-state index in [2.05, 4.69) is 0 Å². The summed E-state index contributed by atoms with van der Waals surface area (Å²) in [6.07, 6.45) is -4.48. The van der Waals surface area contributed by atoms with Crippen LogP contribution in [0.2, 0.25) is 5.02 Å². The number of benzene rings is 2. The fourth-order valence-corrected chi connectivity index (χ4v) is 5.01. The molecule has 1 aliphatic heterocycles. The summed E-state index contributed by atoms with van der Waals surface area (Å²) >= 11 is 5.97. The third-order valence-electron chi connectivity index (χ3n) is 4.97. The van der Waals surface area contributed by atoms with Crippen LogP contribution in [0.4, 0.5) is 13.2 Å². The topological polar surface area (TPSA) is 43.9 Å². The van der Waals surface area contributed by atoms with Gasteiger partial charge in [0.25, 0.3) is 10.2 Å². The third-order valence-corrected chi connectivity index (χ3v) is 7.12. The van der Waals surface area contributed by atoms with Crippen LogP contribution in [0.25, 0.3) is 0 Å². The first-order valence-electron chi connectivity index (χ1n) is 8.78. The van der Waals surface area contributed by atoms with E-state index in [1.165, 1.54) is 29.6 Å². The second-order valence-electron chi connectivity index (χ2n) is 7.13. The van der Waals surface area contributed by atoms with Gasteiger partial charge in [0.15, 0.2) is 0 Å². The van der Waals surface area contributed by atoms with Crippen LogP contribution in [0.15, 0.2) is 48.5 Å². The Kier molecular flexibility index (Phi) is 5.99. The summed E-state index contributed by atoms with van der Waals surface area (Å²) < 4.78 is 68.0. The number of hydrazine groups is 1. The average molecular weight is 448 g/mol. The SMILES string of the molecule is CN1CC(c2cccc(C(F)(F)F)c2)C(c2ccc(Cl)cc2)N1S(=O)(=O)N(C)C. The van der Waals surface area contributed by atoms with Crippen LogP contribution in [0.3, 0.4) is 0 Å². The van der Waals surface area contributed by atoms with E-state index in [1.807, 2.05) is 0 Å². The molecular weight excluding hydrogens is 427 g/mol. The van der Waals surface area contributed by atoms with Crippen LogP contribution in [0.5, 0.6) is 0 Å². The number of alkyl halides is 3. The van der Waals surface area contributed by atoms with Gasteiger partial charge >= 0.3 is 6.18 Å². The molecule has 2 unspecified atom stereocenters. The van der Waals surface area contributed by atoms with Crippen molar-refractivity contribution in [2.45, 2.75) is 18.1 Å². The lowest BCUT2D eigenvalue weighted by Crippen LogP contribution is -2.46. The molecule has 0 saturated carbocycles. The second-order valence-corrected chi connectivity index (χ2v) is 9.57. The molecule has 158 valence electrons. The standard InChI is InChI=1S/C19H21ClF3N3O2S/c1-24(2)29(27,28)26-18(13-7-9-16(20)10-8-13)17(12-25(26)3)14-5-4-6-15(11-14)19(21,22)23/h4-11,17-18H,12H2,1-3H3. The van der Waals surface area contributed by atoms with Gasteiger partial charge in [0.05, 0.1) is 11.6 Å². The molecule has 10 heteroatoms. The molecule has 29 heavy (non-hydrogen) atoms. The summed E-state index contributed by atoms with van der Waals surface area (Å²) in [4.78, 5) is 0. The van der Waals surface area contributed by atoms with Crippen molar-refractivity contribution < 1.29 is 21.6 Å². The molecular formula is C19H21ClF3N3O2S. The molecule has 0 spiro atoms. The van der Waals surface area contributed by atoms with Crippen molar-refractivity contribution in [1.29, 1.82) is 0 Å². The van der Waals surface area contributed by atoms with Crippen molar-refractivity contribution in [2.24, 2.45) is 0 Å². The van der Waals surface area contributed by atoms with Gasteiger partial charge in [-0.2, -0.15) is 25.9 Å². The Hall–Kier alpha value is -1.65. The maximum absolute atomic E-state index is 13.2. The Labute approximate surface area is 173 Å². The van der Waals surface area contributed by atoms with Crippen LogP contribution in [0, 0.1) is 0 Å². The average Bonchev–Trinajstić information content (AvgIpc) is 2.99. The molecule has 0 amide bonds. The third kappa shape index (κ3) is 4.29. The highest BCUT2D eigenvalue weighted by Gasteiger charge is 2.47. The van der Waals surface area contributed by atoms with Crippen LogP contribution in [-0.2, 0) is 16.4 Å². The number of likely N-dealkylation sites (N-methyl/N-ethyl adjacent to an activating group) is 1. The minimum Gasteiger partial charge on any atom is -0.229 e. The fourth-order valence-electron chi connectivity index (χ4n) is 3.57. The predicted molar refractivity (Wildman–Crippen MR) is 105 cm³/mol. The van der Waals surface area contributed by atoms with Crippen LogP contribution in [0.1, 0.15) is 28.7 Å². The van der Waals surface area contributed by atoms with Gasteiger partial charge in [0.2, 0.25) is 0 Å². The summed E-state index contributed by atoms with van der Waals surface area (Å²) in [5, 5.41) is 2.01. The van der Waals surface area contributed by atoms with E-state index in [1.54, 1.807) is 37.4 Å². The first kappa shape index (κ1) is 22.0. The van der Waals surface area contributed by atoms with Gasteiger partial charge in [-0.05, 0) is 29.3 Å². The highest BCUT2D eigenvalue weighted by Crippen LogP contribution is 2.45. The number of rotatable bonds is 4. The molecule has 3 rings (SSSR count). The molecule has 0 bridgehead atoms. The summed E-state index contributed by atoms with van der Waals surface area (Å²) in [5.41, 5.74) is 0.302. The van der Waals surface area contributed by atoms with E-state index in [-0.39, 0.29) is 6.54 Å². The zero-order chi connectivity index (χ0) is 21.6. The molecule has 2 aromatic carbocycles. The zero-order valence-electron chi connectivity index (χ0n) is 16.1. The minimum atomic E-state index is -4.48. The number of hydrogen-bond acceptors (Lipinski definition) is 3. The van der Waals surface area contributed by atoms with Gasteiger partial charge in [-0.3, -0.25) is 0 Å². The van der Waals surface area contributed by atoms with Gasteiger partial charge in [-0.1, -0.05) is 41.9 Å². The number of hydrogen-bond donors (Lipinski definition) is 0. The lowest BCUT2D eigenvalue weighted by atomic mass is 9.88. The largest absolute Gasteiger partial charge is 0.416 e. The van der Waals surface area contributed by atoms with Crippen molar-refractivity contribution in [3.8, 4) is 0 Å². The van der Waals surface area contributed by atoms with E-state index < -0.39 is 33.9 Å². The normalized spacial score (nSPS) is 21.8. The molecule has 0 aliphatic carbocycles. The highest BCUT2D eigenvalue weighted by molar-refractivity contribution is 7.86. The number of nitrogens with zero attached hydrogens (tertiary/aromatic N) is 3. The molecule has 2 atom stereocenters. The van der Waals surface area contributed by atoms with Crippen molar-refractivity contribution >= 4 is 21.8 Å². The Morgan fingerprint density at radius 3 is 2.24 bits per heavy atom. The molecule has 2 aromatic rings. The summed E-state index contributed by atoms with van der Waals surface area (Å²) in [6, 6.07) is 11.0. The molecule has 1 saturated heterocycles. The maximum Gasteiger partial charge on any atom is 0.416 e. The van der Waals surface area contributed by atoms with Crippen molar-refractivity contribution in [3.63, 3.8) is 0 Å². The Bertz CT molecular complexity index is 981. The molecule has 1 fully saturated rings. The van der Waals surface area contributed by atoms with Crippen molar-refractivity contribution in [1.82, 2.24) is 13.7 Å². The van der Waals surface area contributed by atoms with Crippen molar-refractivity contribution in [2.75, 3.05) is 27.7 Å². The van der Waals surface area contributed by atoms with E-state index >= 15 is 0 Å². The Morgan fingerprint density at radius 2 is 1.69 bits per heavy atom. The van der Waals surface area contributed by atoms with Crippen molar-refractivity contribution in [3.05, 3.63) is 70.2 Å². The summed E-state index contributed by atoms with van der Waals surface area (Å²) in [6.45, 7) is 0.238. The van der Waals surface area contributed by atoms with Gasteiger partial charge < -0.3 is 0 Å². The monoisotopic (exact) mass is 447 g/mol. The maximum atomic E-state index is 13.2. The Morgan fingerprint density at radius 1 is 1.07 bits per heavy atom. The minimum absolute atomic E-state index is 0.238. The van der Waals surface area contributed by atoms with Gasteiger partial charge in [0.1, 0.15) is 0 Å². The van der Waals surface area contributed by atoms with Gasteiger partial charge in [-0.25, -0.2) is 5.01 Å².